The van der Waals surface area contributed by atoms with Crippen molar-refractivity contribution in [2.45, 2.75) is 57.4 Å². The molecule has 0 amide bonds. The Morgan fingerprint density at radius 1 is 1.18 bits per heavy atom. The first-order valence-corrected chi connectivity index (χ1v) is 5.02. The second-order valence-electron chi connectivity index (χ2n) is 3.84. The van der Waals surface area contributed by atoms with Crippen molar-refractivity contribution < 1.29 is 0 Å². The first-order valence-electron chi connectivity index (χ1n) is 5.02. The molecule has 1 heteroatoms. The summed E-state index contributed by atoms with van der Waals surface area (Å²) in [4.78, 5) is 0. The van der Waals surface area contributed by atoms with Gasteiger partial charge in [-0.05, 0) is 26.3 Å². The fraction of sp³-hybridized carbons (Fsp3) is 1.00. The van der Waals surface area contributed by atoms with Crippen molar-refractivity contribution in [3.63, 3.8) is 0 Å². The van der Waals surface area contributed by atoms with E-state index >= 15 is 0 Å². The molecule has 0 aromatic rings. The van der Waals surface area contributed by atoms with E-state index in [1.807, 2.05) is 0 Å². The molecular weight excluding hydrogens is 134 g/mol. The van der Waals surface area contributed by atoms with E-state index in [-0.39, 0.29) is 0 Å². The Morgan fingerprint density at radius 3 is 2.36 bits per heavy atom. The normalized spacial score (nSPS) is 20.2. The van der Waals surface area contributed by atoms with Crippen LogP contribution >= 0.6 is 0 Å². The first kappa shape index (κ1) is 9.05. The third-order valence-electron chi connectivity index (χ3n) is 2.89. The van der Waals surface area contributed by atoms with Crippen LogP contribution in [-0.2, 0) is 0 Å². The van der Waals surface area contributed by atoms with E-state index in [1.165, 1.54) is 44.9 Å². The molecule has 0 radical (unpaired) electrons. The lowest BCUT2D eigenvalue weighted by molar-refractivity contribution is 0.474. The molecular formula is C10H21N. The molecule has 1 fully saturated rings. The molecule has 0 bridgehead atoms. The van der Waals surface area contributed by atoms with E-state index in [0.29, 0.717) is 5.54 Å². The second kappa shape index (κ2) is 4.10. The van der Waals surface area contributed by atoms with Gasteiger partial charge in [0.05, 0.1) is 0 Å². The van der Waals surface area contributed by atoms with Crippen LogP contribution in [0.25, 0.3) is 0 Å². The molecule has 1 saturated carbocycles. The summed E-state index contributed by atoms with van der Waals surface area (Å²) in [5.41, 5.74) is 0.591. The van der Waals surface area contributed by atoms with Gasteiger partial charge >= 0.3 is 0 Å². The predicted octanol–water partition coefficient (Wildman–Crippen LogP) is 2.71. The van der Waals surface area contributed by atoms with Crippen molar-refractivity contribution in [2.24, 2.45) is 0 Å². The Balaban J connectivity index is 1.94. The van der Waals surface area contributed by atoms with Gasteiger partial charge in [-0.1, -0.05) is 32.6 Å². The number of nitrogens with one attached hydrogen (secondary N) is 1. The van der Waals surface area contributed by atoms with Crippen LogP contribution in [0.1, 0.15) is 51.9 Å². The lowest BCUT2D eigenvalue weighted by Crippen LogP contribution is -2.26. The lowest BCUT2D eigenvalue weighted by Gasteiger charge is -2.12. The quantitative estimate of drug-likeness (QED) is 0.581. The van der Waals surface area contributed by atoms with Crippen molar-refractivity contribution in [2.75, 3.05) is 7.05 Å². The maximum absolute atomic E-state index is 3.43. The molecule has 0 aliphatic heterocycles. The van der Waals surface area contributed by atoms with Gasteiger partial charge < -0.3 is 5.32 Å². The molecule has 1 aliphatic rings. The van der Waals surface area contributed by atoms with Gasteiger partial charge in [0.25, 0.3) is 0 Å². The monoisotopic (exact) mass is 155 g/mol. The minimum atomic E-state index is 0.591. The summed E-state index contributed by atoms with van der Waals surface area (Å²) < 4.78 is 0. The van der Waals surface area contributed by atoms with E-state index in [0.717, 1.165) is 0 Å². The van der Waals surface area contributed by atoms with Crippen molar-refractivity contribution in [1.29, 1.82) is 0 Å². The van der Waals surface area contributed by atoms with Gasteiger partial charge in [0.1, 0.15) is 0 Å². The fourth-order valence-corrected chi connectivity index (χ4v) is 1.67. The van der Waals surface area contributed by atoms with Crippen LogP contribution in [0.2, 0.25) is 0 Å². The summed E-state index contributed by atoms with van der Waals surface area (Å²) in [5, 5.41) is 3.43. The SMILES string of the molecule is CCCCCCC1(NC)CC1. The highest BCUT2D eigenvalue weighted by Gasteiger charge is 2.39. The zero-order chi connectivity index (χ0) is 8.16. The van der Waals surface area contributed by atoms with Crippen LogP contribution in [0.15, 0.2) is 0 Å². The van der Waals surface area contributed by atoms with Gasteiger partial charge in [-0.3, -0.25) is 0 Å². The summed E-state index contributed by atoms with van der Waals surface area (Å²) in [6, 6.07) is 0. The van der Waals surface area contributed by atoms with E-state index in [9.17, 15) is 0 Å². The Bertz CT molecular complexity index is 105. The number of hydrogen-bond acceptors (Lipinski definition) is 1. The summed E-state index contributed by atoms with van der Waals surface area (Å²) >= 11 is 0. The largest absolute Gasteiger partial charge is 0.314 e. The van der Waals surface area contributed by atoms with Crippen LogP contribution in [0.4, 0.5) is 0 Å². The topological polar surface area (TPSA) is 12.0 Å². The van der Waals surface area contributed by atoms with Crippen molar-refractivity contribution in [3.05, 3.63) is 0 Å². The highest BCUT2D eigenvalue weighted by molar-refractivity contribution is 5.00. The molecule has 0 spiro atoms. The average molecular weight is 155 g/mol. The van der Waals surface area contributed by atoms with E-state index in [1.54, 1.807) is 0 Å². The van der Waals surface area contributed by atoms with E-state index in [4.69, 9.17) is 0 Å². The van der Waals surface area contributed by atoms with Crippen molar-refractivity contribution in [3.8, 4) is 0 Å². The summed E-state index contributed by atoms with van der Waals surface area (Å²) in [5.74, 6) is 0. The number of hydrogen-bond donors (Lipinski definition) is 1. The Labute approximate surface area is 70.6 Å². The Morgan fingerprint density at radius 2 is 1.91 bits per heavy atom. The molecule has 1 N–H and O–H groups in total. The van der Waals surface area contributed by atoms with Gasteiger partial charge in [-0.25, -0.2) is 0 Å². The number of rotatable bonds is 6. The third kappa shape index (κ3) is 2.82. The maximum atomic E-state index is 3.43. The molecule has 1 aliphatic carbocycles. The standard InChI is InChI=1S/C10H21N/c1-3-4-5-6-7-10(11-2)8-9-10/h11H,3-9H2,1-2H3. The molecule has 66 valence electrons. The summed E-state index contributed by atoms with van der Waals surface area (Å²) in [6.07, 6.45) is 9.86. The number of unbranched alkanes of at least 4 members (excludes halogenated alkanes) is 3. The van der Waals surface area contributed by atoms with Gasteiger partial charge in [-0.2, -0.15) is 0 Å². The minimum absolute atomic E-state index is 0.591. The van der Waals surface area contributed by atoms with Gasteiger partial charge in [0.15, 0.2) is 0 Å². The molecule has 1 nitrogen and oxygen atoms in total. The van der Waals surface area contributed by atoms with Crippen LogP contribution in [0.5, 0.6) is 0 Å². The third-order valence-corrected chi connectivity index (χ3v) is 2.89. The zero-order valence-electron chi connectivity index (χ0n) is 7.95. The zero-order valence-corrected chi connectivity index (χ0v) is 7.95. The fourth-order valence-electron chi connectivity index (χ4n) is 1.67. The summed E-state index contributed by atoms with van der Waals surface area (Å²) in [7, 11) is 2.10. The van der Waals surface area contributed by atoms with E-state index < -0.39 is 0 Å². The van der Waals surface area contributed by atoms with Crippen LogP contribution in [0, 0.1) is 0 Å². The lowest BCUT2D eigenvalue weighted by atomic mass is 10.1. The van der Waals surface area contributed by atoms with Crippen LogP contribution in [-0.4, -0.2) is 12.6 Å². The molecule has 0 unspecified atom stereocenters. The smallest absolute Gasteiger partial charge is 0.0179 e. The molecule has 0 aromatic heterocycles. The van der Waals surface area contributed by atoms with Gasteiger partial charge in [0.2, 0.25) is 0 Å². The minimum Gasteiger partial charge on any atom is -0.314 e. The first-order chi connectivity index (χ1) is 5.33. The maximum Gasteiger partial charge on any atom is 0.0179 e. The van der Waals surface area contributed by atoms with Gasteiger partial charge in [-0.15, -0.1) is 0 Å². The van der Waals surface area contributed by atoms with Crippen molar-refractivity contribution >= 4 is 0 Å². The summed E-state index contributed by atoms with van der Waals surface area (Å²) in [6.45, 7) is 2.27. The van der Waals surface area contributed by atoms with Crippen LogP contribution in [0.3, 0.4) is 0 Å². The Kier molecular flexibility index (Phi) is 3.38. The Hall–Kier alpha value is -0.0400. The highest BCUT2D eigenvalue weighted by atomic mass is 15.0. The predicted molar refractivity (Wildman–Crippen MR) is 49.8 cm³/mol. The second-order valence-corrected chi connectivity index (χ2v) is 3.84. The highest BCUT2D eigenvalue weighted by Crippen LogP contribution is 2.39. The van der Waals surface area contributed by atoms with Crippen LogP contribution < -0.4 is 5.32 Å². The molecule has 0 atom stereocenters. The molecule has 0 heterocycles. The van der Waals surface area contributed by atoms with Gasteiger partial charge in [0, 0.05) is 5.54 Å². The molecule has 1 rings (SSSR count). The van der Waals surface area contributed by atoms with E-state index in [2.05, 4.69) is 19.3 Å². The average Bonchev–Trinajstić information content (AvgIpc) is 2.80. The molecule has 11 heavy (non-hydrogen) atoms. The van der Waals surface area contributed by atoms with Crippen molar-refractivity contribution in [1.82, 2.24) is 5.32 Å². The molecule has 0 aromatic carbocycles. The molecule has 0 saturated heterocycles.